The maximum absolute atomic E-state index is 12.5. The van der Waals surface area contributed by atoms with Crippen molar-refractivity contribution in [2.75, 3.05) is 5.75 Å². The van der Waals surface area contributed by atoms with Crippen LogP contribution in [0.3, 0.4) is 0 Å². The zero-order valence-electron chi connectivity index (χ0n) is 16.6. The number of aryl methyl sites for hydroxylation is 3. The van der Waals surface area contributed by atoms with Crippen LogP contribution in [0.1, 0.15) is 44.6 Å². The van der Waals surface area contributed by atoms with Crippen LogP contribution < -0.4 is 11.2 Å². The van der Waals surface area contributed by atoms with Crippen LogP contribution in [0.25, 0.3) is 11.2 Å². The third-order valence-electron chi connectivity index (χ3n) is 4.92. The quantitative estimate of drug-likeness (QED) is 0.416. The van der Waals surface area contributed by atoms with Gasteiger partial charge in [0.15, 0.2) is 16.3 Å². The molecule has 0 fully saturated rings. The summed E-state index contributed by atoms with van der Waals surface area (Å²) in [6, 6.07) is 10.3. The number of H-pyrrole nitrogens is 1. The van der Waals surface area contributed by atoms with Gasteiger partial charge in [0.05, 0.1) is 0 Å². The largest absolute Gasteiger partial charge is 0.329 e. The van der Waals surface area contributed by atoms with Gasteiger partial charge in [0.1, 0.15) is 0 Å². The Bertz CT molecular complexity index is 1020. The van der Waals surface area contributed by atoms with Crippen LogP contribution in [-0.2, 0) is 20.0 Å². The number of nitrogens with one attached hydrogen (secondary N) is 1. The zero-order valence-corrected chi connectivity index (χ0v) is 17.4. The predicted molar refractivity (Wildman–Crippen MR) is 115 cm³/mol. The molecule has 6 nitrogen and oxygen atoms in total. The number of hydrogen-bond acceptors (Lipinski definition) is 4. The molecule has 0 atom stereocenters. The molecule has 3 aromatic rings. The van der Waals surface area contributed by atoms with Gasteiger partial charge in [-0.1, -0.05) is 74.7 Å². The topological polar surface area (TPSA) is 72.7 Å². The molecule has 0 spiro atoms. The lowest BCUT2D eigenvalue weighted by molar-refractivity contribution is 0.552. The molecule has 28 heavy (non-hydrogen) atoms. The molecule has 0 radical (unpaired) electrons. The van der Waals surface area contributed by atoms with E-state index in [1.54, 1.807) is 18.8 Å². The minimum atomic E-state index is -0.425. The highest BCUT2D eigenvalue weighted by molar-refractivity contribution is 7.99. The highest BCUT2D eigenvalue weighted by atomic mass is 32.2. The van der Waals surface area contributed by atoms with Gasteiger partial charge in [-0.25, -0.2) is 9.78 Å². The van der Waals surface area contributed by atoms with Crippen LogP contribution in [0.15, 0.2) is 45.1 Å². The molecule has 2 aromatic heterocycles. The molecule has 0 saturated heterocycles. The summed E-state index contributed by atoms with van der Waals surface area (Å²) in [7, 11) is 1.65. The lowest BCUT2D eigenvalue weighted by atomic mass is 10.1. The number of imidazole rings is 1. The van der Waals surface area contributed by atoms with E-state index in [-0.39, 0.29) is 5.56 Å². The Morgan fingerprint density at radius 1 is 1.07 bits per heavy atom. The molecule has 0 saturated carbocycles. The second-order valence-corrected chi connectivity index (χ2v) is 8.10. The van der Waals surface area contributed by atoms with Gasteiger partial charge in [0.2, 0.25) is 0 Å². The van der Waals surface area contributed by atoms with E-state index in [1.807, 2.05) is 22.8 Å². The lowest BCUT2D eigenvalue weighted by Gasteiger charge is -2.08. The first-order chi connectivity index (χ1) is 13.6. The predicted octanol–water partition coefficient (Wildman–Crippen LogP) is 3.73. The summed E-state index contributed by atoms with van der Waals surface area (Å²) in [6.45, 7) is 2.94. The van der Waals surface area contributed by atoms with Crippen molar-refractivity contribution in [1.82, 2.24) is 19.1 Å². The van der Waals surface area contributed by atoms with Gasteiger partial charge < -0.3 is 4.57 Å². The van der Waals surface area contributed by atoms with Crippen LogP contribution in [0, 0.1) is 0 Å². The Kier molecular flexibility index (Phi) is 7.14. The number of nitrogens with zero attached hydrogens (tertiary/aromatic N) is 3. The summed E-state index contributed by atoms with van der Waals surface area (Å²) in [6.07, 6.45) is 6.70. The normalized spacial score (nSPS) is 11.4. The summed E-state index contributed by atoms with van der Waals surface area (Å²) in [5.74, 6) is 0.870. The second kappa shape index (κ2) is 9.78. The number of hydrogen-bond donors (Lipinski definition) is 1. The fourth-order valence-corrected chi connectivity index (χ4v) is 4.32. The van der Waals surface area contributed by atoms with E-state index in [1.165, 1.54) is 29.4 Å². The Balaban J connectivity index is 1.83. The fourth-order valence-electron chi connectivity index (χ4n) is 3.31. The number of unbranched alkanes of at least 4 members (excludes halogenated alkanes) is 4. The fraction of sp³-hybridized carbons (Fsp3) is 0.476. The monoisotopic (exact) mass is 400 g/mol. The Morgan fingerprint density at radius 2 is 1.82 bits per heavy atom. The first kappa shape index (κ1) is 20.5. The molecule has 0 unspecified atom stereocenters. The van der Waals surface area contributed by atoms with E-state index in [0.717, 1.165) is 36.7 Å². The number of benzene rings is 1. The third kappa shape index (κ3) is 4.76. The van der Waals surface area contributed by atoms with Gasteiger partial charge in [0, 0.05) is 19.3 Å². The summed E-state index contributed by atoms with van der Waals surface area (Å²) < 4.78 is 3.42. The molecular weight excluding hydrogens is 372 g/mol. The molecule has 1 N–H and O–H groups in total. The minimum Gasteiger partial charge on any atom is -0.313 e. The number of fused-ring (bicyclic) bond motifs is 1. The highest BCUT2D eigenvalue weighted by Crippen LogP contribution is 2.23. The lowest BCUT2D eigenvalue weighted by Crippen LogP contribution is -2.29. The van der Waals surface area contributed by atoms with E-state index in [4.69, 9.17) is 0 Å². The molecule has 0 aliphatic rings. The molecule has 1 aromatic carbocycles. The van der Waals surface area contributed by atoms with E-state index in [0.29, 0.717) is 11.2 Å². The van der Waals surface area contributed by atoms with Gasteiger partial charge in [-0.05, 0) is 18.4 Å². The molecular formula is C21H28N4O2S. The van der Waals surface area contributed by atoms with E-state index in [9.17, 15) is 9.59 Å². The van der Waals surface area contributed by atoms with E-state index in [2.05, 4.69) is 29.0 Å². The van der Waals surface area contributed by atoms with Crippen molar-refractivity contribution in [3.8, 4) is 0 Å². The molecule has 0 aliphatic heterocycles. The van der Waals surface area contributed by atoms with E-state index < -0.39 is 5.69 Å². The van der Waals surface area contributed by atoms with Crippen molar-refractivity contribution in [2.45, 2.75) is 57.1 Å². The zero-order chi connectivity index (χ0) is 19.9. The average Bonchev–Trinajstić information content (AvgIpc) is 3.06. The van der Waals surface area contributed by atoms with Crippen LogP contribution >= 0.6 is 11.8 Å². The number of aromatic amines is 1. The molecule has 0 aliphatic carbocycles. The molecule has 150 valence electrons. The minimum absolute atomic E-state index is 0.353. The van der Waals surface area contributed by atoms with Crippen molar-refractivity contribution >= 4 is 22.9 Å². The van der Waals surface area contributed by atoms with Gasteiger partial charge in [-0.15, -0.1) is 0 Å². The summed E-state index contributed by atoms with van der Waals surface area (Å²) in [5.41, 5.74) is 1.46. The maximum atomic E-state index is 12.5. The molecule has 2 heterocycles. The molecule has 3 rings (SSSR count). The first-order valence-electron chi connectivity index (χ1n) is 9.98. The number of rotatable bonds is 10. The van der Waals surface area contributed by atoms with Crippen molar-refractivity contribution < 1.29 is 0 Å². The number of thioether (sulfide) groups is 1. The van der Waals surface area contributed by atoms with Gasteiger partial charge in [-0.2, -0.15) is 0 Å². The molecule has 0 amide bonds. The van der Waals surface area contributed by atoms with Gasteiger partial charge in [0.25, 0.3) is 5.56 Å². The van der Waals surface area contributed by atoms with Crippen molar-refractivity contribution in [1.29, 1.82) is 0 Å². The summed E-state index contributed by atoms with van der Waals surface area (Å²) in [4.78, 5) is 31.5. The van der Waals surface area contributed by atoms with Crippen LogP contribution in [0.2, 0.25) is 0 Å². The van der Waals surface area contributed by atoms with Crippen molar-refractivity contribution in [3.63, 3.8) is 0 Å². The molecule has 7 heteroatoms. The number of aromatic nitrogens is 4. The average molecular weight is 401 g/mol. The highest BCUT2D eigenvalue weighted by Gasteiger charge is 2.17. The van der Waals surface area contributed by atoms with E-state index >= 15 is 0 Å². The Morgan fingerprint density at radius 3 is 2.57 bits per heavy atom. The van der Waals surface area contributed by atoms with Crippen molar-refractivity contribution in [3.05, 3.63) is 56.7 Å². The van der Waals surface area contributed by atoms with Crippen LogP contribution in [-0.4, -0.2) is 24.9 Å². The Labute approximate surface area is 169 Å². The van der Waals surface area contributed by atoms with Crippen molar-refractivity contribution in [2.24, 2.45) is 7.05 Å². The smallest absolute Gasteiger partial charge is 0.313 e. The Hall–Kier alpha value is -2.28. The standard InChI is InChI=1S/C21H28N4O2S/c1-3-4-5-6-10-14-25-17-18(24(2)20(27)23-19(17)26)22-21(25)28-15-13-16-11-8-7-9-12-16/h7-9,11-12H,3-6,10,13-15H2,1-2H3,(H,23,26,27). The third-order valence-corrected chi connectivity index (χ3v) is 5.90. The summed E-state index contributed by atoms with van der Waals surface area (Å²) >= 11 is 1.64. The summed E-state index contributed by atoms with van der Waals surface area (Å²) in [5, 5.41) is 0.813. The SMILES string of the molecule is CCCCCCCn1c(SCCc2ccccc2)nc2c1c(=O)[nH]c(=O)n2C. The van der Waals surface area contributed by atoms with Crippen LogP contribution in [0.4, 0.5) is 0 Å². The molecule has 0 bridgehead atoms. The maximum Gasteiger partial charge on any atom is 0.329 e. The first-order valence-corrected chi connectivity index (χ1v) is 11.0. The second-order valence-electron chi connectivity index (χ2n) is 7.03. The van der Waals surface area contributed by atoms with Gasteiger partial charge >= 0.3 is 5.69 Å². The van der Waals surface area contributed by atoms with Crippen LogP contribution in [0.5, 0.6) is 0 Å². The van der Waals surface area contributed by atoms with Gasteiger partial charge in [-0.3, -0.25) is 14.3 Å².